The van der Waals surface area contributed by atoms with Gasteiger partial charge in [-0.2, -0.15) is 0 Å². The van der Waals surface area contributed by atoms with Crippen LogP contribution in [0, 0.1) is 0 Å². The van der Waals surface area contributed by atoms with E-state index in [1.165, 1.54) is 5.56 Å². The van der Waals surface area contributed by atoms with Gasteiger partial charge in [-0.15, -0.1) is 0 Å². The van der Waals surface area contributed by atoms with Crippen molar-refractivity contribution in [3.63, 3.8) is 0 Å². The molecule has 1 aromatic carbocycles. The highest BCUT2D eigenvalue weighted by Gasteiger charge is 2.14. The van der Waals surface area contributed by atoms with Crippen LogP contribution in [0.25, 0.3) is 0 Å². The summed E-state index contributed by atoms with van der Waals surface area (Å²) in [5, 5.41) is 0. The van der Waals surface area contributed by atoms with Crippen LogP contribution in [0.1, 0.15) is 12.5 Å². The fourth-order valence-electron chi connectivity index (χ4n) is 1.91. The molecule has 0 aliphatic heterocycles. The first-order valence-electron chi connectivity index (χ1n) is 6.34. The number of benzene rings is 1. The highest BCUT2D eigenvalue weighted by molar-refractivity contribution is 9.10. The van der Waals surface area contributed by atoms with Crippen LogP contribution >= 0.6 is 15.9 Å². The van der Waals surface area contributed by atoms with Crippen LogP contribution < -0.4 is 5.73 Å². The molecule has 0 heterocycles. The molecule has 0 radical (unpaired) electrons. The lowest BCUT2D eigenvalue weighted by atomic mass is 10.1. The largest absolute Gasteiger partial charge is 0.398 e. The van der Waals surface area contributed by atoms with E-state index in [1.807, 2.05) is 6.07 Å². The van der Waals surface area contributed by atoms with Gasteiger partial charge in [-0.1, -0.05) is 6.07 Å². The first kappa shape index (κ1) is 16.4. The van der Waals surface area contributed by atoms with Crippen molar-refractivity contribution >= 4 is 21.6 Å². The number of hydrogen-bond acceptors (Lipinski definition) is 4. The third-order valence-corrected chi connectivity index (χ3v) is 3.75. The molecule has 1 rings (SSSR count). The Balaban J connectivity index is 2.71. The third-order valence-electron chi connectivity index (χ3n) is 3.06. The number of nitrogen functional groups attached to an aromatic ring is 1. The van der Waals surface area contributed by atoms with E-state index in [2.05, 4.69) is 39.9 Å². The Morgan fingerprint density at radius 3 is 2.63 bits per heavy atom. The number of nitrogens with zero attached hydrogens (tertiary/aromatic N) is 1. The van der Waals surface area contributed by atoms with E-state index in [-0.39, 0.29) is 0 Å². The molecule has 1 atom stereocenters. The zero-order valence-corrected chi connectivity index (χ0v) is 13.4. The van der Waals surface area contributed by atoms with Crippen molar-refractivity contribution in [2.45, 2.75) is 19.5 Å². The van der Waals surface area contributed by atoms with Crippen LogP contribution in [0.3, 0.4) is 0 Å². The Hall–Kier alpha value is -0.620. The molecule has 0 amide bonds. The normalized spacial score (nSPS) is 12.9. The monoisotopic (exact) mass is 330 g/mol. The summed E-state index contributed by atoms with van der Waals surface area (Å²) < 4.78 is 11.3. The van der Waals surface area contributed by atoms with Crippen LogP contribution in [0.5, 0.6) is 0 Å². The summed E-state index contributed by atoms with van der Waals surface area (Å²) in [6.45, 7) is 5.31. The lowest BCUT2D eigenvalue weighted by Gasteiger charge is -2.28. The van der Waals surface area contributed by atoms with Crippen molar-refractivity contribution in [2.24, 2.45) is 0 Å². The van der Waals surface area contributed by atoms with Crippen molar-refractivity contribution in [3.8, 4) is 0 Å². The summed E-state index contributed by atoms with van der Waals surface area (Å²) in [6, 6.07) is 6.39. The van der Waals surface area contributed by atoms with Gasteiger partial charge in [0.05, 0.1) is 13.2 Å². The summed E-state index contributed by atoms with van der Waals surface area (Å²) in [5.41, 5.74) is 7.79. The zero-order chi connectivity index (χ0) is 14.3. The average Bonchev–Trinajstić information content (AvgIpc) is 2.39. The topological polar surface area (TPSA) is 47.7 Å². The van der Waals surface area contributed by atoms with Gasteiger partial charge in [0, 0.05) is 43.5 Å². The van der Waals surface area contributed by atoms with Gasteiger partial charge in [0.1, 0.15) is 0 Å². The molecule has 2 N–H and O–H groups in total. The van der Waals surface area contributed by atoms with E-state index in [1.54, 1.807) is 14.2 Å². The first-order chi connectivity index (χ1) is 9.08. The van der Waals surface area contributed by atoms with Gasteiger partial charge in [0.15, 0.2) is 0 Å². The zero-order valence-electron chi connectivity index (χ0n) is 11.9. The van der Waals surface area contributed by atoms with Gasteiger partial charge >= 0.3 is 0 Å². The van der Waals surface area contributed by atoms with E-state index in [0.717, 1.165) is 23.2 Å². The maximum atomic E-state index is 5.81. The van der Waals surface area contributed by atoms with Crippen molar-refractivity contribution < 1.29 is 9.47 Å². The summed E-state index contributed by atoms with van der Waals surface area (Å²) in [5.74, 6) is 0. The van der Waals surface area contributed by atoms with Gasteiger partial charge in [-0.3, -0.25) is 4.90 Å². The minimum Gasteiger partial charge on any atom is -0.398 e. The minimum atomic E-state index is 0.344. The van der Waals surface area contributed by atoms with Crippen molar-refractivity contribution in [1.82, 2.24) is 4.90 Å². The van der Waals surface area contributed by atoms with Gasteiger partial charge in [-0.05, 0) is 40.5 Å². The van der Waals surface area contributed by atoms with Crippen molar-refractivity contribution in [2.75, 3.05) is 39.7 Å². The molecular weight excluding hydrogens is 308 g/mol. The van der Waals surface area contributed by atoms with Crippen LogP contribution in [0.15, 0.2) is 22.7 Å². The molecular formula is C14H23BrN2O2. The van der Waals surface area contributed by atoms with E-state index < -0.39 is 0 Å². The first-order valence-corrected chi connectivity index (χ1v) is 7.13. The molecule has 0 bridgehead atoms. The summed E-state index contributed by atoms with van der Waals surface area (Å²) >= 11 is 3.46. The van der Waals surface area contributed by atoms with Crippen LogP contribution in [-0.2, 0) is 16.0 Å². The lowest BCUT2D eigenvalue weighted by molar-refractivity contribution is 0.0705. The second-order valence-corrected chi connectivity index (χ2v) is 5.48. The molecule has 0 saturated carbocycles. The maximum Gasteiger partial charge on any atom is 0.0615 e. The Morgan fingerprint density at radius 2 is 2.05 bits per heavy atom. The summed E-state index contributed by atoms with van der Waals surface area (Å²) in [7, 11) is 3.45. The average molecular weight is 331 g/mol. The Morgan fingerprint density at radius 1 is 1.32 bits per heavy atom. The second-order valence-electron chi connectivity index (χ2n) is 4.62. The van der Waals surface area contributed by atoms with Gasteiger partial charge in [-0.25, -0.2) is 0 Å². The van der Waals surface area contributed by atoms with E-state index in [9.17, 15) is 0 Å². The number of nitrogens with two attached hydrogens (primary N) is 1. The second kappa shape index (κ2) is 8.53. The van der Waals surface area contributed by atoms with E-state index in [0.29, 0.717) is 19.3 Å². The molecule has 0 aliphatic carbocycles. The minimum absolute atomic E-state index is 0.344. The molecule has 0 fully saturated rings. The van der Waals surface area contributed by atoms with Crippen molar-refractivity contribution in [3.05, 3.63) is 28.2 Å². The molecule has 1 aromatic rings. The fraction of sp³-hybridized carbons (Fsp3) is 0.571. The number of rotatable bonds is 8. The molecule has 0 spiro atoms. The standard InChI is InChI=1S/C14H23BrN2O2/c1-11(10-19-3)17(6-7-18-2)9-12-4-5-14(16)13(15)8-12/h4-5,8,11H,6-7,9-10,16H2,1-3H3. The Bertz CT molecular complexity index is 388. The molecule has 0 saturated heterocycles. The van der Waals surface area contributed by atoms with Gasteiger partial charge < -0.3 is 15.2 Å². The summed E-state index contributed by atoms with van der Waals surface area (Å²) in [6.07, 6.45) is 0. The molecule has 0 aromatic heterocycles. The number of hydrogen-bond donors (Lipinski definition) is 1. The molecule has 1 unspecified atom stereocenters. The van der Waals surface area contributed by atoms with Crippen LogP contribution in [0.4, 0.5) is 5.69 Å². The molecule has 108 valence electrons. The molecule has 19 heavy (non-hydrogen) atoms. The Kier molecular flexibility index (Phi) is 7.38. The predicted octanol–water partition coefficient (Wildman–Crippen LogP) is 2.51. The quantitative estimate of drug-likeness (QED) is 0.744. The van der Waals surface area contributed by atoms with E-state index in [4.69, 9.17) is 15.2 Å². The number of ether oxygens (including phenoxy) is 2. The van der Waals surface area contributed by atoms with Crippen molar-refractivity contribution in [1.29, 1.82) is 0 Å². The van der Waals surface area contributed by atoms with E-state index >= 15 is 0 Å². The molecule has 4 nitrogen and oxygen atoms in total. The number of methoxy groups -OCH3 is 2. The van der Waals surface area contributed by atoms with Gasteiger partial charge in [0.2, 0.25) is 0 Å². The van der Waals surface area contributed by atoms with Gasteiger partial charge in [0.25, 0.3) is 0 Å². The molecule has 5 heteroatoms. The number of anilines is 1. The third kappa shape index (κ3) is 5.48. The fourth-order valence-corrected chi connectivity index (χ4v) is 2.34. The highest BCUT2D eigenvalue weighted by Crippen LogP contribution is 2.21. The van der Waals surface area contributed by atoms with Crippen LogP contribution in [-0.4, -0.2) is 44.9 Å². The smallest absolute Gasteiger partial charge is 0.0615 e. The SMILES string of the molecule is COCCN(Cc1ccc(N)c(Br)c1)C(C)COC. The highest BCUT2D eigenvalue weighted by atomic mass is 79.9. The lowest BCUT2D eigenvalue weighted by Crippen LogP contribution is -2.38. The number of halogens is 1. The predicted molar refractivity (Wildman–Crippen MR) is 82.2 cm³/mol. The Labute approximate surface area is 124 Å². The summed E-state index contributed by atoms with van der Waals surface area (Å²) in [4.78, 5) is 2.34. The van der Waals surface area contributed by atoms with Crippen LogP contribution in [0.2, 0.25) is 0 Å². The molecule has 0 aliphatic rings. The maximum absolute atomic E-state index is 5.81.